The number of hydrogen-bond acceptors (Lipinski definition) is 4. The van der Waals surface area contributed by atoms with Crippen molar-refractivity contribution in [3.05, 3.63) is 29.3 Å². The lowest BCUT2D eigenvalue weighted by molar-refractivity contribution is -0.124. The average molecular weight is 291 g/mol. The molecule has 5 nitrogen and oxygen atoms in total. The Hall–Kier alpha value is -1.11. The summed E-state index contributed by atoms with van der Waals surface area (Å²) in [6.07, 6.45) is -0.0802. The molecule has 100 valence electrons. The van der Waals surface area contributed by atoms with E-state index in [1.807, 2.05) is 0 Å². The van der Waals surface area contributed by atoms with Crippen molar-refractivity contribution in [1.29, 1.82) is 0 Å². The van der Waals surface area contributed by atoms with Crippen LogP contribution in [0.15, 0.2) is 29.2 Å². The molecule has 1 rings (SSSR count). The van der Waals surface area contributed by atoms with Crippen molar-refractivity contribution in [1.82, 2.24) is 10.4 Å². The maximum absolute atomic E-state index is 11.9. The third-order valence-corrected chi connectivity index (χ3v) is 4.10. The molecule has 0 fully saturated rings. The van der Waals surface area contributed by atoms with E-state index in [1.165, 1.54) is 29.3 Å². The molecule has 0 bridgehead atoms. The number of benzene rings is 1. The molecule has 0 unspecified atom stereocenters. The van der Waals surface area contributed by atoms with Crippen LogP contribution in [0.5, 0.6) is 0 Å². The molecule has 18 heavy (non-hydrogen) atoms. The maximum atomic E-state index is 11.9. The number of nitrogens with one attached hydrogen (secondary N) is 1. The molecule has 1 amide bonds. The zero-order valence-corrected chi connectivity index (χ0v) is 11.8. The number of carbonyl (C=O) groups is 1. The van der Waals surface area contributed by atoms with Crippen molar-refractivity contribution >= 4 is 27.3 Å². The monoisotopic (exact) mass is 290 g/mol. The van der Waals surface area contributed by atoms with Crippen molar-refractivity contribution in [2.24, 2.45) is 0 Å². The number of amides is 1. The Morgan fingerprint density at radius 1 is 1.28 bits per heavy atom. The van der Waals surface area contributed by atoms with Gasteiger partial charge in [-0.1, -0.05) is 11.6 Å². The number of halogens is 1. The maximum Gasteiger partial charge on any atom is 0.235 e. The lowest BCUT2D eigenvalue weighted by Gasteiger charge is -2.11. The normalized spacial score (nSPS) is 11.6. The van der Waals surface area contributed by atoms with E-state index in [0.717, 1.165) is 0 Å². The molecule has 0 aliphatic rings. The van der Waals surface area contributed by atoms with E-state index < -0.39 is 9.84 Å². The summed E-state index contributed by atoms with van der Waals surface area (Å²) >= 11 is 5.68. The molecular weight excluding hydrogens is 276 g/mol. The summed E-state index contributed by atoms with van der Waals surface area (Å²) in [6, 6.07) is 5.88. The van der Waals surface area contributed by atoms with E-state index in [1.54, 1.807) is 14.1 Å². The molecule has 0 spiro atoms. The number of nitrogens with zero attached hydrogens (tertiary/aromatic N) is 1. The minimum Gasteiger partial charge on any atom is -0.289 e. The van der Waals surface area contributed by atoms with Crippen LogP contribution in [-0.2, 0) is 14.6 Å². The Balaban J connectivity index is 2.66. The SMILES string of the molecule is CN(C)NC(=O)CCS(=O)(=O)c1ccc(Cl)cc1. The van der Waals surface area contributed by atoms with Crippen LogP contribution >= 0.6 is 11.6 Å². The second-order valence-electron chi connectivity index (χ2n) is 3.95. The van der Waals surface area contributed by atoms with E-state index >= 15 is 0 Å². The quantitative estimate of drug-likeness (QED) is 0.825. The van der Waals surface area contributed by atoms with Gasteiger partial charge in [-0.15, -0.1) is 0 Å². The zero-order chi connectivity index (χ0) is 13.8. The third kappa shape index (κ3) is 4.64. The summed E-state index contributed by atoms with van der Waals surface area (Å²) in [4.78, 5) is 11.5. The summed E-state index contributed by atoms with van der Waals surface area (Å²) < 4.78 is 23.8. The van der Waals surface area contributed by atoms with E-state index in [-0.39, 0.29) is 23.0 Å². The Bertz CT molecular complexity index is 512. The lowest BCUT2D eigenvalue weighted by Crippen LogP contribution is -2.36. The van der Waals surface area contributed by atoms with Crippen LogP contribution in [0.2, 0.25) is 5.02 Å². The Labute approximate surface area is 112 Å². The molecule has 1 aromatic rings. The first-order chi connectivity index (χ1) is 8.31. The molecule has 7 heteroatoms. The minimum absolute atomic E-state index is 0.0802. The van der Waals surface area contributed by atoms with Crippen LogP contribution in [0.3, 0.4) is 0 Å². The molecular formula is C11H15ClN2O3S. The van der Waals surface area contributed by atoms with E-state index in [2.05, 4.69) is 5.43 Å². The Kier molecular flexibility index (Phi) is 5.13. The number of hydrogen-bond donors (Lipinski definition) is 1. The molecule has 0 saturated carbocycles. The van der Waals surface area contributed by atoms with Gasteiger partial charge in [0.2, 0.25) is 5.91 Å². The summed E-state index contributed by atoms with van der Waals surface area (Å²) in [5.74, 6) is -0.563. The summed E-state index contributed by atoms with van der Waals surface area (Å²) in [5.41, 5.74) is 2.48. The highest BCUT2D eigenvalue weighted by Gasteiger charge is 2.16. The van der Waals surface area contributed by atoms with Crippen LogP contribution in [-0.4, -0.2) is 39.2 Å². The van der Waals surface area contributed by atoms with E-state index in [0.29, 0.717) is 5.02 Å². The molecule has 0 saturated heterocycles. The predicted molar refractivity (Wildman–Crippen MR) is 70.0 cm³/mol. The van der Waals surface area contributed by atoms with Gasteiger partial charge in [-0.2, -0.15) is 0 Å². The van der Waals surface area contributed by atoms with Gasteiger partial charge in [0.15, 0.2) is 9.84 Å². The van der Waals surface area contributed by atoms with Gasteiger partial charge < -0.3 is 0 Å². The number of sulfone groups is 1. The van der Waals surface area contributed by atoms with E-state index in [9.17, 15) is 13.2 Å². The van der Waals surface area contributed by atoms with Gasteiger partial charge in [-0.05, 0) is 24.3 Å². The first-order valence-electron chi connectivity index (χ1n) is 5.26. The predicted octanol–water partition coefficient (Wildman–Crippen LogP) is 1.10. The van der Waals surface area contributed by atoms with E-state index in [4.69, 9.17) is 11.6 Å². The summed E-state index contributed by atoms with van der Waals surface area (Å²) in [6.45, 7) is 0. The van der Waals surface area contributed by atoms with Crippen molar-refractivity contribution in [2.45, 2.75) is 11.3 Å². The minimum atomic E-state index is -3.45. The van der Waals surface area contributed by atoms with Crippen LogP contribution in [0, 0.1) is 0 Å². The first kappa shape index (κ1) is 14.9. The highest BCUT2D eigenvalue weighted by Crippen LogP contribution is 2.15. The molecule has 0 aliphatic heterocycles. The van der Waals surface area contributed by atoms with Crippen molar-refractivity contribution in [3.63, 3.8) is 0 Å². The molecule has 0 heterocycles. The largest absolute Gasteiger partial charge is 0.289 e. The van der Waals surface area contributed by atoms with Gasteiger partial charge in [0.05, 0.1) is 10.6 Å². The second kappa shape index (κ2) is 6.17. The number of hydrazine groups is 1. The van der Waals surface area contributed by atoms with Crippen molar-refractivity contribution < 1.29 is 13.2 Å². The molecule has 0 aromatic heterocycles. The van der Waals surface area contributed by atoms with Gasteiger partial charge in [-0.25, -0.2) is 13.4 Å². The molecule has 0 atom stereocenters. The van der Waals surface area contributed by atoms with Crippen LogP contribution in [0.4, 0.5) is 0 Å². The molecule has 0 aliphatic carbocycles. The fourth-order valence-electron chi connectivity index (χ4n) is 1.29. The van der Waals surface area contributed by atoms with Crippen molar-refractivity contribution in [3.8, 4) is 0 Å². The second-order valence-corrected chi connectivity index (χ2v) is 6.50. The van der Waals surface area contributed by atoms with Crippen LogP contribution in [0.25, 0.3) is 0 Å². The Morgan fingerprint density at radius 2 is 1.83 bits per heavy atom. The fourth-order valence-corrected chi connectivity index (χ4v) is 2.66. The van der Waals surface area contributed by atoms with Crippen molar-refractivity contribution in [2.75, 3.05) is 19.8 Å². The smallest absolute Gasteiger partial charge is 0.235 e. The summed E-state index contributed by atoms with van der Waals surface area (Å²) in [7, 11) is -0.129. The van der Waals surface area contributed by atoms with Gasteiger partial charge >= 0.3 is 0 Å². The van der Waals surface area contributed by atoms with Crippen LogP contribution < -0.4 is 5.43 Å². The van der Waals surface area contributed by atoms with Gasteiger partial charge in [0.1, 0.15) is 0 Å². The standard InChI is InChI=1S/C11H15ClN2O3S/c1-14(2)13-11(15)7-8-18(16,17)10-5-3-9(12)4-6-10/h3-6H,7-8H2,1-2H3,(H,13,15). The summed E-state index contributed by atoms with van der Waals surface area (Å²) in [5, 5.41) is 1.94. The zero-order valence-electron chi connectivity index (χ0n) is 10.2. The van der Waals surface area contributed by atoms with Gasteiger partial charge in [0.25, 0.3) is 0 Å². The molecule has 0 radical (unpaired) electrons. The Morgan fingerprint density at radius 3 is 2.33 bits per heavy atom. The third-order valence-electron chi connectivity index (χ3n) is 2.12. The van der Waals surface area contributed by atoms with Gasteiger partial charge in [0, 0.05) is 25.5 Å². The highest BCUT2D eigenvalue weighted by molar-refractivity contribution is 7.91. The highest BCUT2D eigenvalue weighted by atomic mass is 35.5. The van der Waals surface area contributed by atoms with Gasteiger partial charge in [-0.3, -0.25) is 10.2 Å². The number of rotatable bonds is 5. The fraction of sp³-hybridized carbons (Fsp3) is 0.364. The first-order valence-corrected chi connectivity index (χ1v) is 7.29. The van der Waals surface area contributed by atoms with Crippen LogP contribution in [0.1, 0.15) is 6.42 Å². The number of carbonyl (C=O) groups excluding carboxylic acids is 1. The average Bonchev–Trinajstić information content (AvgIpc) is 2.26. The molecule has 1 N–H and O–H groups in total. The molecule has 1 aromatic carbocycles. The lowest BCUT2D eigenvalue weighted by atomic mass is 10.4. The topological polar surface area (TPSA) is 66.5 Å².